The number of nitrogens with two attached hydrogens (primary N) is 1. The van der Waals surface area contributed by atoms with Crippen molar-refractivity contribution in [2.24, 2.45) is 15.7 Å². The number of allylic oxidation sites excluding steroid dienone is 1. The number of carbonyl (C=O) groups excluding carboxylic acids is 1. The maximum Gasteiger partial charge on any atom is 0.237 e. The molecule has 0 saturated carbocycles. The van der Waals surface area contributed by atoms with Gasteiger partial charge in [0.15, 0.2) is 5.96 Å². The summed E-state index contributed by atoms with van der Waals surface area (Å²) in [5, 5.41) is 25.2. The number of hydrogen-bond acceptors (Lipinski definition) is 8. The lowest BCUT2D eigenvalue weighted by atomic mass is 9.93. The highest BCUT2D eigenvalue weighted by Gasteiger charge is 2.26. The van der Waals surface area contributed by atoms with Crippen molar-refractivity contribution >= 4 is 17.7 Å². The number of aliphatic hydroxyl groups excluding tert-OH is 1. The molecule has 8 N–H and O–H groups in total. The number of primary amides is 1. The number of carbonyl (C=O) groups is 1. The van der Waals surface area contributed by atoms with Crippen molar-refractivity contribution in [3.05, 3.63) is 24.0 Å². The number of rotatable bonds is 7. The van der Waals surface area contributed by atoms with E-state index in [-0.39, 0.29) is 12.2 Å². The van der Waals surface area contributed by atoms with E-state index in [2.05, 4.69) is 36.6 Å². The molecule has 10 nitrogen and oxygen atoms in total. The largest absolute Gasteiger partial charge is 0.394 e. The summed E-state index contributed by atoms with van der Waals surface area (Å²) in [5.41, 5.74) is 6.47. The molecule has 3 aliphatic rings. The van der Waals surface area contributed by atoms with Gasteiger partial charge < -0.3 is 32.1 Å². The SMILES string of the molecule is C[C@H](NC1=NC(N[C@@H](CO)C(N)=O)CC(=NC2CNC=CN2)N1)C1=CC[C@@H](F)CC1. The van der Waals surface area contributed by atoms with E-state index < -0.39 is 30.9 Å². The number of halogens is 1. The number of aliphatic imine (C=N–C) groups is 2. The number of amides is 1. The summed E-state index contributed by atoms with van der Waals surface area (Å²) < 4.78 is 13.4. The molecule has 0 radical (unpaired) electrons. The van der Waals surface area contributed by atoms with Crippen LogP contribution < -0.4 is 32.3 Å². The van der Waals surface area contributed by atoms with E-state index in [9.17, 15) is 14.3 Å². The third-order valence-electron chi connectivity index (χ3n) is 5.26. The predicted octanol–water partition coefficient (Wildman–Crippen LogP) is -1.09. The Bertz CT molecular complexity index is 738. The van der Waals surface area contributed by atoms with Crippen LogP contribution in [0.25, 0.3) is 0 Å². The zero-order valence-electron chi connectivity index (χ0n) is 17.1. The van der Waals surface area contributed by atoms with Gasteiger partial charge >= 0.3 is 0 Å². The Morgan fingerprint density at radius 3 is 2.97 bits per heavy atom. The van der Waals surface area contributed by atoms with Gasteiger partial charge in [-0.25, -0.2) is 14.4 Å². The number of aliphatic hydroxyl groups is 1. The van der Waals surface area contributed by atoms with Crippen LogP contribution in [0, 0.1) is 0 Å². The molecule has 1 aliphatic carbocycles. The molecule has 0 fully saturated rings. The molecule has 2 aliphatic heterocycles. The smallest absolute Gasteiger partial charge is 0.237 e. The van der Waals surface area contributed by atoms with Crippen molar-refractivity contribution in [2.45, 2.75) is 63.2 Å². The average molecular weight is 423 g/mol. The number of guanidine groups is 1. The first-order valence-electron chi connectivity index (χ1n) is 10.3. The van der Waals surface area contributed by atoms with Crippen LogP contribution in [0.15, 0.2) is 34.0 Å². The van der Waals surface area contributed by atoms with Crippen LogP contribution >= 0.6 is 0 Å². The van der Waals surface area contributed by atoms with E-state index in [0.717, 1.165) is 5.57 Å². The van der Waals surface area contributed by atoms with E-state index in [1.54, 1.807) is 6.20 Å². The van der Waals surface area contributed by atoms with Crippen LogP contribution in [0.4, 0.5) is 4.39 Å². The van der Waals surface area contributed by atoms with Gasteiger partial charge in [-0.2, -0.15) is 0 Å². The maximum atomic E-state index is 13.4. The zero-order chi connectivity index (χ0) is 21.5. The topological polar surface area (TPSA) is 148 Å². The van der Waals surface area contributed by atoms with Crippen molar-refractivity contribution < 1.29 is 14.3 Å². The molecule has 0 aromatic rings. The summed E-state index contributed by atoms with van der Waals surface area (Å²) >= 11 is 0. The van der Waals surface area contributed by atoms with Gasteiger partial charge in [0.05, 0.1) is 13.2 Å². The van der Waals surface area contributed by atoms with Gasteiger partial charge in [0.2, 0.25) is 5.91 Å². The van der Waals surface area contributed by atoms with Crippen molar-refractivity contribution in [1.29, 1.82) is 0 Å². The fourth-order valence-corrected chi connectivity index (χ4v) is 3.56. The molecule has 0 bridgehead atoms. The van der Waals surface area contributed by atoms with Crippen LogP contribution in [0.3, 0.4) is 0 Å². The summed E-state index contributed by atoms with van der Waals surface area (Å²) in [6.45, 7) is 2.21. The fraction of sp³-hybridized carbons (Fsp3) is 0.632. The van der Waals surface area contributed by atoms with Crippen LogP contribution in [-0.4, -0.2) is 66.5 Å². The van der Waals surface area contributed by atoms with Crippen molar-refractivity contribution in [3.63, 3.8) is 0 Å². The van der Waals surface area contributed by atoms with Gasteiger partial charge in [0.25, 0.3) is 0 Å². The molecule has 0 spiro atoms. The van der Waals surface area contributed by atoms with E-state index in [1.807, 2.05) is 19.2 Å². The highest BCUT2D eigenvalue weighted by Crippen LogP contribution is 2.22. The predicted molar refractivity (Wildman–Crippen MR) is 113 cm³/mol. The van der Waals surface area contributed by atoms with Gasteiger partial charge in [-0.3, -0.25) is 10.1 Å². The third-order valence-corrected chi connectivity index (χ3v) is 5.26. The fourth-order valence-electron chi connectivity index (χ4n) is 3.56. The molecular weight excluding hydrogens is 391 g/mol. The quantitative estimate of drug-likeness (QED) is 0.258. The number of nitrogens with zero attached hydrogens (tertiary/aromatic N) is 2. The van der Waals surface area contributed by atoms with Crippen LogP contribution in [0.2, 0.25) is 0 Å². The average Bonchev–Trinajstić information content (AvgIpc) is 2.73. The highest BCUT2D eigenvalue weighted by molar-refractivity contribution is 6.02. The van der Waals surface area contributed by atoms with Crippen LogP contribution in [-0.2, 0) is 4.79 Å². The minimum absolute atomic E-state index is 0.0362. The number of amidine groups is 1. The number of hydrogen-bond donors (Lipinski definition) is 7. The summed E-state index contributed by atoms with van der Waals surface area (Å²) in [6.07, 6.45) is 6.18. The lowest BCUT2D eigenvalue weighted by molar-refractivity contribution is -0.121. The Labute approximate surface area is 175 Å². The van der Waals surface area contributed by atoms with Gasteiger partial charge in [-0.1, -0.05) is 11.6 Å². The van der Waals surface area contributed by atoms with E-state index >= 15 is 0 Å². The standard InChI is InChI=1S/C19H31FN8O2/c1-11(12-2-4-13(20)5-3-12)24-19-27-15(25-14(10-29)18(21)30)8-16(28-19)26-17-9-22-6-7-23-17/h2,6-7,11,13-15,17,22-23,25,29H,3-5,8-10H2,1H3,(H2,21,30)(H2,24,26,27,28)/t11-,13+,14-,15?,17?/m0/s1. The first-order chi connectivity index (χ1) is 14.4. The Morgan fingerprint density at radius 2 is 2.33 bits per heavy atom. The molecule has 11 heteroatoms. The Kier molecular flexibility index (Phi) is 7.63. The highest BCUT2D eigenvalue weighted by atomic mass is 19.1. The first kappa shape index (κ1) is 22.0. The Morgan fingerprint density at radius 1 is 1.50 bits per heavy atom. The van der Waals surface area contributed by atoms with Gasteiger partial charge in [-0.15, -0.1) is 0 Å². The minimum Gasteiger partial charge on any atom is -0.394 e. The number of nitrogens with one attached hydrogen (secondary N) is 5. The van der Waals surface area contributed by atoms with Crippen molar-refractivity contribution in [2.75, 3.05) is 13.2 Å². The Balaban J connectivity index is 1.73. The zero-order valence-corrected chi connectivity index (χ0v) is 17.1. The lowest BCUT2D eigenvalue weighted by Gasteiger charge is -2.30. The van der Waals surface area contributed by atoms with E-state index in [4.69, 9.17) is 5.73 Å². The molecule has 0 saturated heterocycles. The second-order valence-corrected chi connectivity index (χ2v) is 7.64. The van der Waals surface area contributed by atoms with Crippen LogP contribution in [0.5, 0.6) is 0 Å². The second-order valence-electron chi connectivity index (χ2n) is 7.64. The Hall–Kier alpha value is -2.66. The third kappa shape index (κ3) is 6.17. The van der Waals surface area contributed by atoms with Crippen molar-refractivity contribution in [1.82, 2.24) is 26.6 Å². The molecule has 166 valence electrons. The van der Waals surface area contributed by atoms with E-state index in [1.165, 1.54) is 0 Å². The molecule has 1 amide bonds. The summed E-state index contributed by atoms with van der Waals surface area (Å²) in [4.78, 5) is 20.8. The summed E-state index contributed by atoms with van der Waals surface area (Å²) in [5.74, 6) is 0.521. The van der Waals surface area contributed by atoms with Gasteiger partial charge in [0, 0.05) is 24.9 Å². The molecule has 5 atom stereocenters. The molecular formula is C19H31FN8O2. The van der Waals surface area contributed by atoms with Crippen molar-refractivity contribution in [3.8, 4) is 0 Å². The summed E-state index contributed by atoms with van der Waals surface area (Å²) in [6, 6.07) is -0.942. The molecule has 0 aromatic carbocycles. The molecule has 3 rings (SSSR count). The maximum absolute atomic E-state index is 13.4. The number of alkyl halides is 1. The molecule has 2 heterocycles. The molecule has 0 aromatic heterocycles. The minimum atomic E-state index is -0.906. The molecule has 30 heavy (non-hydrogen) atoms. The monoisotopic (exact) mass is 422 g/mol. The second kappa shape index (κ2) is 10.4. The molecule has 2 unspecified atom stereocenters. The van der Waals surface area contributed by atoms with Gasteiger partial charge in [0.1, 0.15) is 30.4 Å². The van der Waals surface area contributed by atoms with Crippen LogP contribution in [0.1, 0.15) is 32.6 Å². The van der Waals surface area contributed by atoms with E-state index in [0.29, 0.717) is 44.0 Å². The normalized spacial score (nSPS) is 29.6. The first-order valence-corrected chi connectivity index (χ1v) is 10.3. The summed E-state index contributed by atoms with van der Waals surface area (Å²) in [7, 11) is 0. The van der Waals surface area contributed by atoms with Gasteiger partial charge in [-0.05, 0) is 26.2 Å². The lowest BCUT2D eigenvalue weighted by Crippen LogP contribution is -2.56.